The van der Waals surface area contributed by atoms with Crippen LogP contribution in [0.1, 0.15) is 43.1 Å². The number of anilines is 1. The summed E-state index contributed by atoms with van der Waals surface area (Å²) in [6.07, 6.45) is 8.75. The van der Waals surface area contributed by atoms with Crippen molar-refractivity contribution in [1.82, 2.24) is 24.5 Å². The van der Waals surface area contributed by atoms with E-state index in [1.807, 2.05) is 37.6 Å². The van der Waals surface area contributed by atoms with E-state index in [0.717, 1.165) is 54.8 Å². The summed E-state index contributed by atoms with van der Waals surface area (Å²) >= 11 is 0. The Morgan fingerprint density at radius 1 is 1.08 bits per heavy atom. The van der Waals surface area contributed by atoms with Gasteiger partial charge < -0.3 is 4.90 Å². The molecule has 1 saturated heterocycles. The summed E-state index contributed by atoms with van der Waals surface area (Å²) in [5, 5.41) is 0. The van der Waals surface area contributed by atoms with E-state index in [1.54, 1.807) is 0 Å². The van der Waals surface area contributed by atoms with Crippen molar-refractivity contribution in [2.24, 2.45) is 0 Å². The maximum Gasteiger partial charge on any atom is 0.138 e. The zero-order chi connectivity index (χ0) is 17.2. The first-order chi connectivity index (χ1) is 12.3. The molecule has 0 aliphatic carbocycles. The topological polar surface area (TPSA) is 59.7 Å². The summed E-state index contributed by atoms with van der Waals surface area (Å²) in [7, 11) is 0. The number of aryl methyl sites for hydroxylation is 2. The van der Waals surface area contributed by atoms with E-state index in [2.05, 4.69) is 43.5 Å². The highest BCUT2D eigenvalue weighted by atomic mass is 15.2. The molecular weight excluding hydrogens is 312 g/mol. The van der Waals surface area contributed by atoms with E-state index in [-0.39, 0.29) is 6.04 Å². The molecule has 0 saturated carbocycles. The Bertz CT molecular complexity index is 872. The molecular formula is C19H22N6. The maximum atomic E-state index is 4.94. The normalized spacial score (nSPS) is 17.2. The summed E-state index contributed by atoms with van der Waals surface area (Å²) in [6, 6.07) is 8.48. The average Bonchev–Trinajstić information content (AvgIpc) is 3.31. The highest BCUT2D eigenvalue weighted by Gasteiger charge is 2.28. The van der Waals surface area contributed by atoms with Gasteiger partial charge in [-0.15, -0.1) is 0 Å². The zero-order valence-electron chi connectivity index (χ0n) is 14.6. The summed E-state index contributed by atoms with van der Waals surface area (Å²) in [5.74, 6) is 3.74. The van der Waals surface area contributed by atoms with Gasteiger partial charge >= 0.3 is 0 Å². The van der Waals surface area contributed by atoms with Crippen molar-refractivity contribution in [1.29, 1.82) is 0 Å². The third-order valence-corrected chi connectivity index (χ3v) is 4.69. The number of aromatic nitrogens is 5. The Morgan fingerprint density at radius 3 is 2.84 bits per heavy atom. The van der Waals surface area contributed by atoms with Crippen molar-refractivity contribution >= 4 is 5.82 Å². The van der Waals surface area contributed by atoms with Gasteiger partial charge in [0, 0.05) is 31.6 Å². The lowest BCUT2D eigenvalue weighted by Crippen LogP contribution is -2.24. The van der Waals surface area contributed by atoms with E-state index in [4.69, 9.17) is 4.98 Å². The van der Waals surface area contributed by atoms with Crippen molar-refractivity contribution in [3.05, 3.63) is 60.2 Å². The van der Waals surface area contributed by atoms with Crippen LogP contribution < -0.4 is 4.90 Å². The molecule has 0 bridgehead atoms. The fourth-order valence-electron chi connectivity index (χ4n) is 3.52. The van der Waals surface area contributed by atoms with E-state index >= 15 is 0 Å². The molecule has 3 aromatic heterocycles. The van der Waals surface area contributed by atoms with Gasteiger partial charge in [-0.2, -0.15) is 0 Å². The lowest BCUT2D eigenvalue weighted by Gasteiger charge is -2.25. The Morgan fingerprint density at radius 2 is 2.00 bits per heavy atom. The molecule has 4 rings (SSSR count). The Kier molecular flexibility index (Phi) is 4.17. The van der Waals surface area contributed by atoms with Gasteiger partial charge in [0.1, 0.15) is 23.3 Å². The first-order valence-corrected chi connectivity index (χ1v) is 8.82. The van der Waals surface area contributed by atoms with Gasteiger partial charge in [-0.3, -0.25) is 4.57 Å². The summed E-state index contributed by atoms with van der Waals surface area (Å²) in [4.78, 5) is 20.5. The van der Waals surface area contributed by atoms with Crippen molar-refractivity contribution < 1.29 is 0 Å². The lowest BCUT2D eigenvalue weighted by molar-refractivity contribution is 0.681. The van der Waals surface area contributed by atoms with Crippen molar-refractivity contribution in [3.63, 3.8) is 0 Å². The molecule has 1 aliphatic rings. The average molecular weight is 334 g/mol. The third-order valence-electron chi connectivity index (χ3n) is 4.69. The molecule has 1 fully saturated rings. The smallest absolute Gasteiger partial charge is 0.138 e. The minimum atomic E-state index is 0.253. The fourth-order valence-corrected chi connectivity index (χ4v) is 3.52. The van der Waals surface area contributed by atoms with Gasteiger partial charge in [-0.05, 0) is 38.0 Å². The molecule has 0 aromatic carbocycles. The molecule has 3 aromatic rings. The number of hydrogen-bond donors (Lipinski definition) is 0. The largest absolute Gasteiger partial charge is 0.348 e. The van der Waals surface area contributed by atoms with E-state index in [1.165, 1.54) is 0 Å². The van der Waals surface area contributed by atoms with Crippen LogP contribution in [0.5, 0.6) is 0 Å². The maximum absolute atomic E-state index is 4.94. The van der Waals surface area contributed by atoms with Crippen molar-refractivity contribution in [2.45, 2.75) is 39.2 Å². The van der Waals surface area contributed by atoms with Crippen molar-refractivity contribution in [3.8, 4) is 5.82 Å². The molecule has 25 heavy (non-hydrogen) atoms. The summed E-state index contributed by atoms with van der Waals surface area (Å²) in [6.45, 7) is 5.04. The first kappa shape index (κ1) is 15.7. The van der Waals surface area contributed by atoms with E-state index < -0.39 is 0 Å². The molecule has 0 N–H and O–H groups in total. The minimum Gasteiger partial charge on any atom is -0.348 e. The van der Waals surface area contributed by atoms with Crippen LogP contribution in [-0.2, 0) is 6.42 Å². The fraction of sp³-hybridized carbons (Fsp3) is 0.368. The second-order valence-corrected chi connectivity index (χ2v) is 6.30. The third kappa shape index (κ3) is 2.99. The van der Waals surface area contributed by atoms with Gasteiger partial charge in [0.25, 0.3) is 0 Å². The van der Waals surface area contributed by atoms with Crippen LogP contribution in [0.25, 0.3) is 5.82 Å². The zero-order valence-corrected chi connectivity index (χ0v) is 14.6. The number of nitrogens with zero attached hydrogens (tertiary/aromatic N) is 6. The Balaban J connectivity index is 1.68. The number of imidazole rings is 1. The van der Waals surface area contributed by atoms with Crippen LogP contribution in [0.2, 0.25) is 0 Å². The molecule has 0 radical (unpaired) electrons. The highest BCUT2D eigenvalue weighted by molar-refractivity contribution is 5.43. The van der Waals surface area contributed by atoms with Crippen molar-refractivity contribution in [2.75, 3.05) is 11.4 Å². The van der Waals surface area contributed by atoms with Gasteiger partial charge in [-0.1, -0.05) is 13.0 Å². The molecule has 4 heterocycles. The lowest BCUT2D eigenvalue weighted by atomic mass is 10.1. The Hall–Kier alpha value is -2.76. The molecule has 0 spiro atoms. The van der Waals surface area contributed by atoms with Crippen LogP contribution in [0.15, 0.2) is 42.9 Å². The molecule has 1 aliphatic heterocycles. The first-order valence-electron chi connectivity index (χ1n) is 8.82. The van der Waals surface area contributed by atoms with Crippen LogP contribution in [0, 0.1) is 6.92 Å². The highest BCUT2D eigenvalue weighted by Crippen LogP contribution is 2.34. The van der Waals surface area contributed by atoms with E-state index in [9.17, 15) is 0 Å². The standard InChI is InChI=1S/C19H22N6/c1-3-17-21-11-13-25(17)18-8-4-6-15(23-18)16-7-5-12-24(16)19-9-10-20-14(2)22-19/h4,6,8-11,13,16H,3,5,7,12H2,1-2H3/t16-/m0/s1. The number of pyridine rings is 1. The minimum absolute atomic E-state index is 0.253. The molecule has 0 amide bonds. The predicted molar refractivity (Wildman–Crippen MR) is 96.8 cm³/mol. The monoisotopic (exact) mass is 334 g/mol. The molecule has 1 atom stereocenters. The second kappa shape index (κ2) is 6.63. The summed E-state index contributed by atoms with van der Waals surface area (Å²) < 4.78 is 2.07. The SMILES string of the molecule is CCc1nccn1-c1cccc([C@@H]2CCCN2c2ccnc(C)n2)n1. The van der Waals surface area contributed by atoms with E-state index in [0.29, 0.717) is 0 Å². The predicted octanol–water partition coefficient (Wildman–Crippen LogP) is 3.27. The number of hydrogen-bond acceptors (Lipinski definition) is 5. The van der Waals surface area contributed by atoms with Gasteiger partial charge in [0.2, 0.25) is 0 Å². The van der Waals surface area contributed by atoms with Crippen LogP contribution in [0.3, 0.4) is 0 Å². The number of rotatable bonds is 4. The van der Waals surface area contributed by atoms with Crippen LogP contribution in [-0.4, -0.2) is 31.0 Å². The molecule has 6 heteroatoms. The Labute approximate surface area is 147 Å². The van der Waals surface area contributed by atoms with Crippen LogP contribution in [0.4, 0.5) is 5.82 Å². The molecule has 128 valence electrons. The van der Waals surface area contributed by atoms with Gasteiger partial charge in [-0.25, -0.2) is 19.9 Å². The summed E-state index contributed by atoms with van der Waals surface area (Å²) in [5.41, 5.74) is 1.09. The quantitative estimate of drug-likeness (QED) is 0.733. The molecule has 6 nitrogen and oxygen atoms in total. The molecule has 0 unspecified atom stereocenters. The van der Waals surface area contributed by atoms with Gasteiger partial charge in [0.05, 0.1) is 11.7 Å². The van der Waals surface area contributed by atoms with Gasteiger partial charge in [0.15, 0.2) is 0 Å². The second-order valence-electron chi connectivity index (χ2n) is 6.30. The van der Waals surface area contributed by atoms with Crippen LogP contribution >= 0.6 is 0 Å².